The maximum absolute atomic E-state index is 14.2. The average Bonchev–Trinajstić information content (AvgIpc) is 2.27. The smallest absolute Gasteiger partial charge is 0.287 e. The number of nitriles is 1. The molecular weight excluding hydrogens is 253 g/mol. The summed E-state index contributed by atoms with van der Waals surface area (Å²) in [7, 11) is 0. The standard InChI is InChI=1S/C14H19ClFNO/c1-6-10(3)13(14(4,5)18-9-17)12(16)8-11(15)7-2/h7-8,10H,2,6H2,1,3-5H3/b11-8+,13-12-. The second kappa shape index (κ2) is 7.23. The molecule has 0 N–H and O–H groups in total. The lowest BCUT2D eigenvalue weighted by Crippen LogP contribution is -2.29. The largest absolute Gasteiger partial charge is 0.417 e. The van der Waals surface area contributed by atoms with E-state index in [1.807, 2.05) is 13.8 Å². The molecule has 0 aliphatic carbocycles. The van der Waals surface area contributed by atoms with Crippen LogP contribution in [-0.4, -0.2) is 5.60 Å². The lowest BCUT2D eigenvalue weighted by atomic mass is 9.85. The minimum Gasteiger partial charge on any atom is -0.417 e. The minimum absolute atomic E-state index is 0.0566. The molecule has 0 bridgehead atoms. The van der Waals surface area contributed by atoms with Crippen LogP contribution >= 0.6 is 11.6 Å². The first-order valence-electron chi connectivity index (χ1n) is 5.77. The molecule has 0 spiro atoms. The van der Waals surface area contributed by atoms with E-state index < -0.39 is 11.4 Å². The molecule has 0 aliphatic rings. The highest BCUT2D eigenvalue weighted by molar-refractivity contribution is 6.31. The topological polar surface area (TPSA) is 33.0 Å². The first-order valence-corrected chi connectivity index (χ1v) is 6.14. The summed E-state index contributed by atoms with van der Waals surface area (Å²) in [5.74, 6) is -0.534. The van der Waals surface area contributed by atoms with Crippen LogP contribution in [0.2, 0.25) is 0 Å². The van der Waals surface area contributed by atoms with Crippen LogP contribution in [0.5, 0.6) is 0 Å². The summed E-state index contributed by atoms with van der Waals surface area (Å²) < 4.78 is 19.2. The van der Waals surface area contributed by atoms with Gasteiger partial charge in [0.15, 0.2) is 0 Å². The van der Waals surface area contributed by atoms with Crippen molar-refractivity contribution in [1.82, 2.24) is 0 Å². The van der Waals surface area contributed by atoms with Gasteiger partial charge in [-0.2, -0.15) is 5.26 Å². The van der Waals surface area contributed by atoms with Crippen molar-refractivity contribution >= 4 is 11.6 Å². The zero-order chi connectivity index (χ0) is 14.3. The number of halogens is 2. The highest BCUT2D eigenvalue weighted by Gasteiger charge is 2.31. The predicted molar refractivity (Wildman–Crippen MR) is 72.5 cm³/mol. The molecule has 0 aromatic carbocycles. The molecule has 0 saturated carbocycles. The third kappa shape index (κ3) is 4.54. The van der Waals surface area contributed by atoms with Crippen molar-refractivity contribution < 1.29 is 9.13 Å². The fraction of sp³-hybridized carbons (Fsp3) is 0.500. The summed E-state index contributed by atoms with van der Waals surface area (Å²) in [5, 5.41) is 8.85. The Morgan fingerprint density at radius 3 is 2.56 bits per heavy atom. The van der Waals surface area contributed by atoms with Gasteiger partial charge in [-0.15, -0.1) is 0 Å². The minimum atomic E-state index is -0.997. The van der Waals surface area contributed by atoms with Gasteiger partial charge < -0.3 is 4.74 Å². The Kier molecular flexibility index (Phi) is 6.72. The van der Waals surface area contributed by atoms with Crippen molar-refractivity contribution in [3.05, 3.63) is 35.2 Å². The van der Waals surface area contributed by atoms with E-state index in [-0.39, 0.29) is 11.0 Å². The Balaban J connectivity index is 5.70. The Labute approximate surface area is 113 Å². The van der Waals surface area contributed by atoms with Crippen molar-refractivity contribution in [3.8, 4) is 6.26 Å². The molecule has 0 rings (SSSR count). The number of rotatable bonds is 6. The maximum atomic E-state index is 14.2. The van der Waals surface area contributed by atoms with Crippen molar-refractivity contribution in [3.63, 3.8) is 0 Å². The van der Waals surface area contributed by atoms with Crippen molar-refractivity contribution in [2.24, 2.45) is 5.92 Å². The van der Waals surface area contributed by atoms with Gasteiger partial charge in [-0.25, -0.2) is 4.39 Å². The number of allylic oxidation sites excluding steroid dienone is 4. The molecule has 0 radical (unpaired) electrons. The van der Waals surface area contributed by atoms with Crippen LogP contribution in [0.15, 0.2) is 35.2 Å². The molecule has 0 saturated heterocycles. The van der Waals surface area contributed by atoms with E-state index in [2.05, 4.69) is 6.58 Å². The zero-order valence-electron chi connectivity index (χ0n) is 11.3. The summed E-state index contributed by atoms with van der Waals surface area (Å²) in [4.78, 5) is 0. The van der Waals surface area contributed by atoms with Crippen LogP contribution in [0, 0.1) is 17.4 Å². The maximum Gasteiger partial charge on any atom is 0.287 e. The highest BCUT2D eigenvalue weighted by Crippen LogP contribution is 2.33. The molecule has 2 nitrogen and oxygen atoms in total. The SMILES string of the molecule is C=C/C(Cl)=C\C(F)=C(/C(C)CC)C(C)(C)OC#N. The van der Waals surface area contributed by atoms with Gasteiger partial charge in [0.2, 0.25) is 0 Å². The van der Waals surface area contributed by atoms with Gasteiger partial charge in [-0.05, 0) is 32.3 Å². The molecule has 18 heavy (non-hydrogen) atoms. The van der Waals surface area contributed by atoms with Crippen molar-refractivity contribution in [2.45, 2.75) is 39.7 Å². The van der Waals surface area contributed by atoms with Gasteiger partial charge in [-0.1, -0.05) is 38.1 Å². The molecule has 0 amide bonds. The summed E-state index contributed by atoms with van der Waals surface area (Å²) in [6.07, 6.45) is 4.90. The van der Waals surface area contributed by atoms with Gasteiger partial charge >= 0.3 is 0 Å². The summed E-state index contributed by atoms with van der Waals surface area (Å²) in [5.41, 5.74) is -0.574. The highest BCUT2D eigenvalue weighted by atomic mass is 35.5. The summed E-state index contributed by atoms with van der Waals surface area (Å²) in [6.45, 7) is 10.6. The molecule has 100 valence electrons. The van der Waals surface area contributed by atoms with Crippen molar-refractivity contribution in [1.29, 1.82) is 5.26 Å². The van der Waals surface area contributed by atoms with Crippen LogP contribution in [-0.2, 0) is 4.74 Å². The molecular formula is C14H19ClFNO. The monoisotopic (exact) mass is 271 g/mol. The summed E-state index contributed by atoms with van der Waals surface area (Å²) >= 11 is 5.74. The predicted octanol–water partition coefficient (Wildman–Crippen LogP) is 4.84. The van der Waals surface area contributed by atoms with Gasteiger partial charge in [0, 0.05) is 10.6 Å². The quantitative estimate of drug-likeness (QED) is 0.511. The van der Waals surface area contributed by atoms with E-state index >= 15 is 0 Å². The molecule has 1 unspecified atom stereocenters. The molecule has 0 fully saturated rings. The second-order valence-corrected chi connectivity index (χ2v) is 4.94. The second-order valence-electron chi connectivity index (χ2n) is 4.51. The van der Waals surface area contributed by atoms with Crippen molar-refractivity contribution in [2.75, 3.05) is 0 Å². The fourth-order valence-electron chi connectivity index (χ4n) is 1.75. The number of ether oxygens (including phenoxy) is 1. The van der Waals surface area contributed by atoms with Crippen LogP contribution in [0.4, 0.5) is 4.39 Å². The Hall–Kier alpha value is -1.27. The first kappa shape index (κ1) is 16.7. The van der Waals surface area contributed by atoms with E-state index in [0.29, 0.717) is 5.57 Å². The van der Waals surface area contributed by atoms with Crippen LogP contribution < -0.4 is 0 Å². The number of nitrogens with zero attached hydrogens (tertiary/aromatic N) is 1. The van der Waals surface area contributed by atoms with Gasteiger partial charge in [0.25, 0.3) is 6.26 Å². The first-order chi connectivity index (χ1) is 8.30. The van der Waals surface area contributed by atoms with Gasteiger partial charge in [0.1, 0.15) is 11.4 Å². The number of hydrogen-bond donors (Lipinski definition) is 0. The Bertz CT molecular complexity index is 405. The lowest BCUT2D eigenvalue weighted by molar-refractivity contribution is 0.0953. The Morgan fingerprint density at radius 2 is 2.17 bits per heavy atom. The Morgan fingerprint density at radius 1 is 1.61 bits per heavy atom. The van der Waals surface area contributed by atoms with Gasteiger partial charge in [-0.3, -0.25) is 0 Å². The van der Waals surface area contributed by atoms with Gasteiger partial charge in [0.05, 0.1) is 0 Å². The van der Waals surface area contributed by atoms with E-state index in [1.54, 1.807) is 20.1 Å². The fourth-order valence-corrected chi connectivity index (χ4v) is 1.84. The molecule has 0 aromatic rings. The summed E-state index contributed by atoms with van der Waals surface area (Å²) in [6, 6.07) is 0. The molecule has 4 heteroatoms. The van der Waals surface area contributed by atoms with E-state index in [9.17, 15) is 4.39 Å². The zero-order valence-corrected chi connectivity index (χ0v) is 12.0. The number of hydrogen-bond acceptors (Lipinski definition) is 2. The molecule has 0 aromatic heterocycles. The van der Waals surface area contributed by atoms with Crippen LogP contribution in [0.1, 0.15) is 34.1 Å². The molecule has 0 heterocycles. The molecule has 1 atom stereocenters. The third-order valence-electron chi connectivity index (χ3n) is 2.77. The van der Waals surface area contributed by atoms with E-state index in [0.717, 1.165) is 6.42 Å². The van der Waals surface area contributed by atoms with E-state index in [4.69, 9.17) is 21.6 Å². The third-order valence-corrected chi connectivity index (χ3v) is 3.03. The average molecular weight is 272 g/mol. The van der Waals surface area contributed by atoms with Crippen LogP contribution in [0.25, 0.3) is 0 Å². The molecule has 0 aliphatic heterocycles. The van der Waals surface area contributed by atoms with Crippen LogP contribution in [0.3, 0.4) is 0 Å². The lowest BCUT2D eigenvalue weighted by Gasteiger charge is -2.29. The van der Waals surface area contributed by atoms with E-state index in [1.165, 1.54) is 12.2 Å². The normalized spacial score (nSPS) is 15.5.